The zero-order chi connectivity index (χ0) is 17.7. The third kappa shape index (κ3) is 4.28. The number of hydrogen-bond donors (Lipinski definition) is 1. The summed E-state index contributed by atoms with van der Waals surface area (Å²) < 4.78 is 12.9. The van der Waals surface area contributed by atoms with Crippen LogP contribution in [-0.2, 0) is 6.42 Å². The van der Waals surface area contributed by atoms with Crippen LogP contribution in [0, 0.1) is 15.9 Å². The Morgan fingerprint density at radius 3 is 2.46 bits per heavy atom. The molecule has 1 N–H and O–H groups in total. The number of nitro benzene ring substituents is 1. The van der Waals surface area contributed by atoms with Crippen molar-refractivity contribution in [2.45, 2.75) is 6.42 Å². The van der Waals surface area contributed by atoms with Crippen LogP contribution in [0.25, 0.3) is 0 Å². The Morgan fingerprint density at radius 2 is 1.88 bits per heavy atom. The highest BCUT2D eigenvalue weighted by Crippen LogP contribution is 2.24. The maximum Gasteiger partial charge on any atom is 0.270 e. The number of carbonyl (C=O) groups is 1. The number of non-ortho nitro benzene ring substituents is 1. The first-order chi connectivity index (χ1) is 11.4. The summed E-state index contributed by atoms with van der Waals surface area (Å²) in [4.78, 5) is 24.5. The summed E-state index contributed by atoms with van der Waals surface area (Å²) >= 11 is 0. The molecule has 2 aromatic rings. The number of halogens is 1. The molecule has 0 aromatic heterocycles. The van der Waals surface area contributed by atoms with Gasteiger partial charge in [-0.25, -0.2) is 4.39 Å². The fourth-order valence-electron chi connectivity index (χ4n) is 2.28. The van der Waals surface area contributed by atoms with Crippen LogP contribution in [-0.4, -0.2) is 31.5 Å². The lowest BCUT2D eigenvalue weighted by Gasteiger charge is -2.17. The number of anilines is 1. The Morgan fingerprint density at radius 1 is 1.21 bits per heavy atom. The van der Waals surface area contributed by atoms with E-state index in [-0.39, 0.29) is 23.0 Å². The average molecular weight is 331 g/mol. The summed E-state index contributed by atoms with van der Waals surface area (Å²) in [7, 11) is 3.52. The lowest BCUT2D eigenvalue weighted by atomic mass is 10.1. The molecule has 6 nitrogen and oxygen atoms in total. The Bertz CT molecular complexity index is 745. The molecule has 0 saturated carbocycles. The lowest BCUT2D eigenvalue weighted by Crippen LogP contribution is -2.27. The zero-order valence-electron chi connectivity index (χ0n) is 13.5. The van der Waals surface area contributed by atoms with E-state index in [2.05, 4.69) is 5.32 Å². The van der Waals surface area contributed by atoms with Crippen molar-refractivity contribution in [3.05, 3.63) is 69.5 Å². The van der Waals surface area contributed by atoms with Crippen molar-refractivity contribution in [2.75, 3.05) is 25.5 Å². The molecule has 0 aliphatic carbocycles. The first-order valence-electron chi connectivity index (χ1n) is 7.37. The Kier molecular flexibility index (Phi) is 5.47. The summed E-state index contributed by atoms with van der Waals surface area (Å²) in [6, 6.07) is 10.2. The highest BCUT2D eigenvalue weighted by molar-refractivity contribution is 6.00. The molecule has 24 heavy (non-hydrogen) atoms. The van der Waals surface area contributed by atoms with Crippen LogP contribution in [0.15, 0.2) is 42.5 Å². The van der Waals surface area contributed by atoms with E-state index in [0.717, 1.165) is 5.56 Å². The summed E-state index contributed by atoms with van der Waals surface area (Å²) in [5.41, 5.74) is 1.60. The largest absolute Gasteiger partial charge is 0.377 e. The van der Waals surface area contributed by atoms with Crippen molar-refractivity contribution in [3.8, 4) is 0 Å². The fourth-order valence-corrected chi connectivity index (χ4v) is 2.28. The first-order valence-corrected chi connectivity index (χ1v) is 7.37. The Balaban J connectivity index is 2.09. The first kappa shape index (κ1) is 17.4. The molecule has 0 aliphatic rings. The Labute approximate surface area is 139 Å². The molecule has 0 spiro atoms. The van der Waals surface area contributed by atoms with Crippen LogP contribution >= 0.6 is 0 Å². The third-order valence-corrected chi connectivity index (χ3v) is 3.53. The fraction of sp³-hybridized carbons (Fsp3) is 0.235. The molecule has 0 saturated heterocycles. The maximum absolute atomic E-state index is 12.9. The van der Waals surface area contributed by atoms with Gasteiger partial charge >= 0.3 is 0 Å². The van der Waals surface area contributed by atoms with Gasteiger partial charge in [-0.1, -0.05) is 12.1 Å². The van der Waals surface area contributed by atoms with Gasteiger partial charge in [-0.3, -0.25) is 14.9 Å². The molecule has 0 fully saturated rings. The van der Waals surface area contributed by atoms with Gasteiger partial charge in [-0.05, 0) is 30.2 Å². The average Bonchev–Trinajstić information content (AvgIpc) is 2.55. The molecule has 0 bridgehead atoms. The van der Waals surface area contributed by atoms with Gasteiger partial charge in [0.15, 0.2) is 0 Å². The number of benzene rings is 2. The number of rotatable bonds is 6. The number of nitrogens with zero attached hydrogens (tertiary/aromatic N) is 2. The van der Waals surface area contributed by atoms with Gasteiger partial charge in [0, 0.05) is 38.5 Å². The monoisotopic (exact) mass is 331 g/mol. The molecule has 0 radical (unpaired) electrons. The second-order valence-corrected chi connectivity index (χ2v) is 5.49. The number of hydrogen-bond acceptors (Lipinski definition) is 4. The molecule has 2 aromatic carbocycles. The van der Waals surface area contributed by atoms with E-state index in [4.69, 9.17) is 0 Å². The van der Waals surface area contributed by atoms with Crippen molar-refractivity contribution >= 4 is 17.3 Å². The second kappa shape index (κ2) is 7.54. The maximum atomic E-state index is 12.9. The van der Waals surface area contributed by atoms with Gasteiger partial charge in [-0.15, -0.1) is 0 Å². The number of nitro groups is 1. The van der Waals surface area contributed by atoms with E-state index in [1.807, 2.05) is 0 Å². The van der Waals surface area contributed by atoms with Crippen LogP contribution < -0.4 is 10.2 Å². The summed E-state index contributed by atoms with van der Waals surface area (Å²) in [5, 5.41) is 13.7. The normalized spacial score (nSPS) is 10.3. The molecule has 7 heteroatoms. The van der Waals surface area contributed by atoms with Crippen molar-refractivity contribution in [3.63, 3.8) is 0 Å². The predicted molar refractivity (Wildman–Crippen MR) is 89.9 cm³/mol. The molecule has 0 heterocycles. The molecule has 2 rings (SSSR count). The highest BCUT2D eigenvalue weighted by atomic mass is 19.1. The van der Waals surface area contributed by atoms with Gasteiger partial charge in [0.1, 0.15) is 5.82 Å². The van der Waals surface area contributed by atoms with Gasteiger partial charge < -0.3 is 10.2 Å². The predicted octanol–water partition coefficient (Wildman–Crippen LogP) is 2.77. The molecular formula is C17H18FN3O3. The van der Waals surface area contributed by atoms with Gasteiger partial charge in [0.05, 0.1) is 10.5 Å². The van der Waals surface area contributed by atoms with Crippen LogP contribution in [0.2, 0.25) is 0 Å². The van der Waals surface area contributed by atoms with Gasteiger partial charge in [0.25, 0.3) is 11.6 Å². The number of nitrogens with one attached hydrogen (secondary N) is 1. The van der Waals surface area contributed by atoms with E-state index in [1.165, 1.54) is 24.3 Å². The molecule has 0 unspecified atom stereocenters. The van der Waals surface area contributed by atoms with Crippen molar-refractivity contribution in [2.24, 2.45) is 0 Å². The smallest absolute Gasteiger partial charge is 0.270 e. The van der Waals surface area contributed by atoms with E-state index in [0.29, 0.717) is 18.7 Å². The third-order valence-electron chi connectivity index (χ3n) is 3.53. The van der Waals surface area contributed by atoms with Crippen molar-refractivity contribution in [1.29, 1.82) is 0 Å². The van der Waals surface area contributed by atoms with Crippen LogP contribution in [0.4, 0.5) is 15.8 Å². The summed E-state index contributed by atoms with van der Waals surface area (Å²) in [6.45, 7) is 0.347. The summed E-state index contributed by atoms with van der Waals surface area (Å²) in [6.07, 6.45) is 0.540. The van der Waals surface area contributed by atoms with E-state index >= 15 is 0 Å². The van der Waals surface area contributed by atoms with E-state index in [9.17, 15) is 19.3 Å². The minimum atomic E-state index is -0.533. The molecule has 0 aliphatic heterocycles. The van der Waals surface area contributed by atoms with E-state index < -0.39 is 4.92 Å². The molecular weight excluding hydrogens is 313 g/mol. The number of amides is 1. The van der Waals surface area contributed by atoms with Crippen molar-refractivity contribution in [1.82, 2.24) is 5.32 Å². The highest BCUT2D eigenvalue weighted by Gasteiger charge is 2.17. The van der Waals surface area contributed by atoms with Gasteiger partial charge in [-0.2, -0.15) is 0 Å². The topological polar surface area (TPSA) is 75.5 Å². The molecule has 0 atom stereocenters. The minimum Gasteiger partial charge on any atom is -0.377 e. The molecule has 1 amide bonds. The molecule has 126 valence electrons. The minimum absolute atomic E-state index is 0.135. The van der Waals surface area contributed by atoms with Crippen LogP contribution in [0.5, 0.6) is 0 Å². The quantitative estimate of drug-likeness (QED) is 0.652. The van der Waals surface area contributed by atoms with Crippen molar-refractivity contribution < 1.29 is 14.1 Å². The SMILES string of the molecule is CN(C)c1ccc([N+](=O)[O-])cc1C(=O)NCCc1ccc(F)cc1. The summed E-state index contributed by atoms with van der Waals surface area (Å²) in [5.74, 6) is -0.695. The standard InChI is InChI=1S/C17H18FN3O3/c1-20(2)16-8-7-14(21(23)24)11-15(16)17(22)19-10-9-12-3-5-13(18)6-4-12/h3-8,11H,9-10H2,1-2H3,(H,19,22). The lowest BCUT2D eigenvalue weighted by molar-refractivity contribution is -0.384. The van der Waals surface area contributed by atoms with Gasteiger partial charge in [0.2, 0.25) is 0 Å². The second-order valence-electron chi connectivity index (χ2n) is 5.49. The zero-order valence-corrected chi connectivity index (χ0v) is 13.5. The Hall–Kier alpha value is -2.96. The van der Waals surface area contributed by atoms with Crippen LogP contribution in [0.3, 0.4) is 0 Å². The number of carbonyl (C=O) groups excluding carboxylic acids is 1. The van der Waals surface area contributed by atoms with Crippen LogP contribution in [0.1, 0.15) is 15.9 Å². The van der Waals surface area contributed by atoms with E-state index in [1.54, 1.807) is 37.2 Å².